The van der Waals surface area contributed by atoms with Crippen molar-refractivity contribution in [2.75, 3.05) is 31.2 Å². The standard InChI is InChI=1S/C22H24ClFN4O4/c23-16-8-17-21(27-22(25-17)32-15-7-18(30)19(10-29)31-11-15)26-20(16)12-1-3-14(4-2-12)28-6-5-13(24)9-28/h1-4,8,13,15,18-19,29-30H,5-7,9-11H2,(H,25,26,27)/t13?,15-,18+,19?/m1/s1. The van der Waals surface area contributed by atoms with Gasteiger partial charge in [0.2, 0.25) is 0 Å². The molecule has 32 heavy (non-hydrogen) atoms. The van der Waals surface area contributed by atoms with Gasteiger partial charge in [-0.25, -0.2) is 9.37 Å². The number of benzene rings is 1. The molecule has 170 valence electrons. The Balaban J connectivity index is 1.33. The highest BCUT2D eigenvalue weighted by molar-refractivity contribution is 6.33. The van der Waals surface area contributed by atoms with Crippen LogP contribution in [0.2, 0.25) is 5.02 Å². The molecular weight excluding hydrogens is 439 g/mol. The lowest BCUT2D eigenvalue weighted by molar-refractivity contribution is -0.131. The molecule has 3 aromatic rings. The van der Waals surface area contributed by atoms with Crippen LogP contribution in [-0.2, 0) is 4.74 Å². The van der Waals surface area contributed by atoms with E-state index in [2.05, 4.69) is 15.0 Å². The minimum absolute atomic E-state index is 0.237. The molecule has 2 aliphatic heterocycles. The summed E-state index contributed by atoms with van der Waals surface area (Å²) < 4.78 is 24.7. The predicted octanol–water partition coefficient (Wildman–Crippen LogP) is 2.72. The molecule has 2 saturated heterocycles. The number of hydrogen-bond acceptors (Lipinski definition) is 7. The minimum atomic E-state index is -0.804. The van der Waals surface area contributed by atoms with E-state index in [1.165, 1.54) is 0 Å². The van der Waals surface area contributed by atoms with E-state index in [0.717, 1.165) is 11.3 Å². The van der Waals surface area contributed by atoms with Gasteiger partial charge in [0, 0.05) is 30.8 Å². The smallest absolute Gasteiger partial charge is 0.296 e. The Bertz CT molecular complexity index is 1100. The number of fused-ring (bicyclic) bond motifs is 1. The average molecular weight is 463 g/mol. The van der Waals surface area contributed by atoms with E-state index < -0.39 is 24.5 Å². The Hall–Kier alpha value is -2.46. The fraction of sp³-hybridized carbons (Fsp3) is 0.455. The number of ether oxygens (including phenoxy) is 2. The highest BCUT2D eigenvalue weighted by Crippen LogP contribution is 2.32. The number of aromatic nitrogens is 3. The molecule has 2 fully saturated rings. The van der Waals surface area contributed by atoms with Crippen LogP contribution in [0.3, 0.4) is 0 Å². The SMILES string of the molecule is OCC1OC[C@H](Oc2nc3nc(-c4ccc(N5CCC(F)C5)cc4)c(Cl)cc3[nH]2)C[C@@H]1O. The molecule has 0 aliphatic carbocycles. The number of pyridine rings is 1. The molecule has 0 bridgehead atoms. The van der Waals surface area contributed by atoms with Crippen molar-refractivity contribution >= 4 is 28.5 Å². The molecular formula is C22H24ClFN4O4. The van der Waals surface area contributed by atoms with E-state index in [9.17, 15) is 14.6 Å². The van der Waals surface area contributed by atoms with Gasteiger partial charge in [0.15, 0.2) is 5.65 Å². The number of hydrogen-bond donors (Lipinski definition) is 3. The van der Waals surface area contributed by atoms with Crippen LogP contribution in [0.4, 0.5) is 10.1 Å². The molecule has 0 radical (unpaired) electrons. The number of nitrogens with zero attached hydrogens (tertiary/aromatic N) is 3. The number of aromatic amines is 1. The van der Waals surface area contributed by atoms with Gasteiger partial charge in [-0.05, 0) is 24.6 Å². The molecule has 4 atom stereocenters. The summed E-state index contributed by atoms with van der Waals surface area (Å²) in [5.74, 6) is 0. The maximum Gasteiger partial charge on any atom is 0.296 e. The Morgan fingerprint density at radius 3 is 2.78 bits per heavy atom. The fourth-order valence-electron chi connectivity index (χ4n) is 4.18. The second-order valence-corrected chi connectivity index (χ2v) is 8.62. The molecule has 1 aromatic carbocycles. The number of anilines is 1. The summed E-state index contributed by atoms with van der Waals surface area (Å²) in [7, 11) is 0. The van der Waals surface area contributed by atoms with Gasteiger partial charge in [-0.2, -0.15) is 4.98 Å². The quantitative estimate of drug-likeness (QED) is 0.535. The van der Waals surface area contributed by atoms with Crippen molar-refractivity contribution in [2.24, 2.45) is 0 Å². The van der Waals surface area contributed by atoms with E-state index in [4.69, 9.17) is 21.1 Å². The third kappa shape index (κ3) is 4.25. The van der Waals surface area contributed by atoms with Gasteiger partial charge in [-0.1, -0.05) is 23.7 Å². The molecule has 4 heterocycles. The third-order valence-electron chi connectivity index (χ3n) is 5.93. The summed E-state index contributed by atoms with van der Waals surface area (Å²) in [6.45, 7) is 1.14. The lowest BCUT2D eigenvalue weighted by Crippen LogP contribution is -2.45. The molecule has 10 heteroatoms. The molecule has 2 aromatic heterocycles. The van der Waals surface area contributed by atoms with Crippen molar-refractivity contribution < 1.29 is 24.1 Å². The van der Waals surface area contributed by atoms with Gasteiger partial charge in [-0.15, -0.1) is 0 Å². The van der Waals surface area contributed by atoms with E-state index in [0.29, 0.717) is 47.8 Å². The number of aliphatic hydroxyl groups excluding tert-OH is 2. The van der Waals surface area contributed by atoms with Crippen LogP contribution < -0.4 is 9.64 Å². The summed E-state index contributed by atoms with van der Waals surface area (Å²) in [4.78, 5) is 14.1. The molecule has 5 rings (SSSR count). The van der Waals surface area contributed by atoms with Gasteiger partial charge in [0.25, 0.3) is 6.01 Å². The van der Waals surface area contributed by atoms with Gasteiger partial charge >= 0.3 is 0 Å². The molecule has 8 nitrogen and oxygen atoms in total. The minimum Gasteiger partial charge on any atom is -0.459 e. The number of imidazole rings is 1. The summed E-state index contributed by atoms with van der Waals surface area (Å²) in [6, 6.07) is 9.74. The van der Waals surface area contributed by atoms with Gasteiger partial charge in [-0.3, -0.25) is 0 Å². The monoisotopic (exact) mass is 462 g/mol. The van der Waals surface area contributed by atoms with E-state index in [1.54, 1.807) is 6.07 Å². The Kier molecular flexibility index (Phi) is 5.90. The van der Waals surface area contributed by atoms with Gasteiger partial charge < -0.3 is 29.6 Å². The van der Waals surface area contributed by atoms with E-state index >= 15 is 0 Å². The molecule has 2 unspecified atom stereocenters. The lowest BCUT2D eigenvalue weighted by Gasteiger charge is -2.31. The van der Waals surface area contributed by atoms with Crippen molar-refractivity contribution in [3.63, 3.8) is 0 Å². The van der Waals surface area contributed by atoms with Crippen LogP contribution in [0, 0.1) is 0 Å². The zero-order valence-electron chi connectivity index (χ0n) is 17.2. The van der Waals surface area contributed by atoms with Crippen LogP contribution in [0.5, 0.6) is 6.01 Å². The van der Waals surface area contributed by atoms with Crippen molar-refractivity contribution in [3.05, 3.63) is 35.4 Å². The average Bonchev–Trinajstić information content (AvgIpc) is 3.38. The van der Waals surface area contributed by atoms with Crippen molar-refractivity contribution in [2.45, 2.75) is 37.3 Å². The number of halogens is 2. The third-order valence-corrected chi connectivity index (χ3v) is 6.22. The first-order valence-corrected chi connectivity index (χ1v) is 11.0. The van der Waals surface area contributed by atoms with Crippen LogP contribution in [0.15, 0.2) is 30.3 Å². The van der Waals surface area contributed by atoms with Crippen molar-refractivity contribution in [1.29, 1.82) is 0 Å². The summed E-state index contributed by atoms with van der Waals surface area (Å²) >= 11 is 6.49. The topological polar surface area (TPSA) is 104 Å². The predicted molar refractivity (Wildman–Crippen MR) is 118 cm³/mol. The van der Waals surface area contributed by atoms with E-state index in [-0.39, 0.29) is 19.2 Å². The molecule has 3 N–H and O–H groups in total. The zero-order chi connectivity index (χ0) is 22.2. The highest BCUT2D eigenvalue weighted by atomic mass is 35.5. The number of alkyl halides is 1. The Morgan fingerprint density at radius 1 is 1.28 bits per heavy atom. The number of rotatable bonds is 5. The number of aliphatic hydroxyl groups is 2. The molecule has 2 aliphatic rings. The summed E-state index contributed by atoms with van der Waals surface area (Å²) in [6.07, 6.45) is -1.68. The Morgan fingerprint density at radius 2 is 2.09 bits per heavy atom. The largest absolute Gasteiger partial charge is 0.459 e. The maximum absolute atomic E-state index is 13.5. The van der Waals surface area contributed by atoms with Gasteiger partial charge in [0.1, 0.15) is 18.4 Å². The molecule has 0 spiro atoms. The maximum atomic E-state index is 13.5. The van der Waals surface area contributed by atoms with Gasteiger partial charge in [0.05, 0.1) is 35.6 Å². The first-order chi connectivity index (χ1) is 15.5. The summed E-state index contributed by atoms with van der Waals surface area (Å²) in [5.41, 5.74) is 3.48. The first kappa shape index (κ1) is 21.4. The second kappa shape index (κ2) is 8.82. The normalized spacial score (nSPS) is 26.1. The number of H-pyrrole nitrogens is 1. The van der Waals surface area contributed by atoms with Crippen molar-refractivity contribution in [3.8, 4) is 17.3 Å². The van der Waals surface area contributed by atoms with Crippen LogP contribution in [0.25, 0.3) is 22.4 Å². The molecule has 0 amide bonds. The highest BCUT2D eigenvalue weighted by Gasteiger charge is 2.31. The zero-order valence-corrected chi connectivity index (χ0v) is 18.0. The lowest BCUT2D eigenvalue weighted by atomic mass is 10.0. The van der Waals surface area contributed by atoms with Crippen LogP contribution >= 0.6 is 11.6 Å². The fourth-order valence-corrected chi connectivity index (χ4v) is 4.44. The Labute approximate surface area is 189 Å². The number of nitrogens with one attached hydrogen (secondary N) is 1. The van der Waals surface area contributed by atoms with Crippen LogP contribution in [-0.4, -0.2) is 76.0 Å². The van der Waals surface area contributed by atoms with Crippen LogP contribution in [0.1, 0.15) is 12.8 Å². The first-order valence-electron chi connectivity index (χ1n) is 10.6. The van der Waals surface area contributed by atoms with E-state index in [1.807, 2.05) is 29.2 Å². The van der Waals surface area contributed by atoms with Crippen molar-refractivity contribution in [1.82, 2.24) is 15.0 Å². The summed E-state index contributed by atoms with van der Waals surface area (Å²) in [5, 5.41) is 19.7. The second-order valence-electron chi connectivity index (χ2n) is 8.21. The molecule has 0 saturated carbocycles.